The second-order valence-corrected chi connectivity index (χ2v) is 7.98. The molecule has 2 aromatic heterocycles. The van der Waals surface area contributed by atoms with Crippen molar-refractivity contribution in [3.05, 3.63) is 44.5 Å². The molecule has 2 aromatic rings. The van der Waals surface area contributed by atoms with E-state index in [4.69, 9.17) is 5.73 Å². The minimum atomic E-state index is -0.244. The van der Waals surface area contributed by atoms with Crippen LogP contribution in [0.25, 0.3) is 0 Å². The molecule has 26 heavy (non-hydrogen) atoms. The molecule has 3 heterocycles. The summed E-state index contributed by atoms with van der Waals surface area (Å²) in [6.07, 6.45) is 1.72. The van der Waals surface area contributed by atoms with Crippen molar-refractivity contribution in [3.8, 4) is 0 Å². The second kappa shape index (κ2) is 8.01. The zero-order valence-corrected chi connectivity index (χ0v) is 16.0. The Labute approximate surface area is 156 Å². The topological polar surface area (TPSA) is 95.3 Å². The van der Waals surface area contributed by atoms with Crippen molar-refractivity contribution >= 4 is 23.2 Å². The monoisotopic (exact) mass is 375 g/mol. The minimum Gasteiger partial charge on any atom is -0.369 e. The van der Waals surface area contributed by atoms with Crippen molar-refractivity contribution in [2.45, 2.75) is 32.4 Å². The molecule has 2 atom stereocenters. The summed E-state index contributed by atoms with van der Waals surface area (Å²) in [5.74, 6) is 0.339. The van der Waals surface area contributed by atoms with E-state index in [0.29, 0.717) is 18.8 Å². The Hall–Kier alpha value is -2.19. The normalized spacial score (nSPS) is 18.4. The summed E-state index contributed by atoms with van der Waals surface area (Å²) in [6.45, 7) is 4.02. The molecule has 8 heteroatoms. The molecule has 0 aliphatic carbocycles. The van der Waals surface area contributed by atoms with Gasteiger partial charge in [-0.05, 0) is 31.3 Å². The number of amides is 1. The van der Waals surface area contributed by atoms with Crippen molar-refractivity contribution in [2.24, 2.45) is 5.92 Å². The second-order valence-electron chi connectivity index (χ2n) is 6.95. The van der Waals surface area contributed by atoms with Crippen molar-refractivity contribution in [3.63, 3.8) is 0 Å². The van der Waals surface area contributed by atoms with Crippen LogP contribution in [0.2, 0.25) is 0 Å². The van der Waals surface area contributed by atoms with Crippen molar-refractivity contribution < 1.29 is 4.79 Å². The predicted molar refractivity (Wildman–Crippen MR) is 103 cm³/mol. The fourth-order valence-corrected chi connectivity index (χ4v) is 4.26. The van der Waals surface area contributed by atoms with Crippen LogP contribution in [0.15, 0.2) is 28.4 Å². The lowest BCUT2D eigenvalue weighted by molar-refractivity contribution is -0.134. The maximum atomic E-state index is 12.7. The smallest absolute Gasteiger partial charge is 0.252 e. The number of anilines is 1. The molecule has 0 bridgehead atoms. The van der Waals surface area contributed by atoms with Gasteiger partial charge >= 0.3 is 0 Å². The van der Waals surface area contributed by atoms with Crippen molar-refractivity contribution in [1.82, 2.24) is 19.8 Å². The summed E-state index contributed by atoms with van der Waals surface area (Å²) in [4.78, 5) is 36.2. The van der Waals surface area contributed by atoms with Crippen LogP contribution in [0.5, 0.6) is 0 Å². The average Bonchev–Trinajstić information content (AvgIpc) is 3.24. The number of likely N-dealkylation sites (tertiary alicyclic amines) is 1. The Bertz CT molecular complexity index is 804. The SMILES string of the molecule is C[C@@H](Cc1cccs1)C(=O)N1CC[C@@H](N(C)Cc2cc(=O)[nH]c(N)n2)C1. The summed E-state index contributed by atoms with van der Waals surface area (Å²) < 4.78 is 0. The Morgan fingerprint density at radius 2 is 2.38 bits per heavy atom. The van der Waals surface area contributed by atoms with Crippen LogP contribution in [-0.2, 0) is 17.8 Å². The van der Waals surface area contributed by atoms with Crippen LogP contribution in [0.1, 0.15) is 23.9 Å². The summed E-state index contributed by atoms with van der Waals surface area (Å²) in [5.41, 5.74) is 6.00. The number of likely N-dealkylation sites (N-methyl/N-ethyl adjacent to an activating group) is 1. The number of nitrogens with two attached hydrogens (primary N) is 1. The van der Waals surface area contributed by atoms with Gasteiger partial charge in [-0.1, -0.05) is 13.0 Å². The number of hydrogen-bond donors (Lipinski definition) is 2. The number of nitrogens with zero attached hydrogens (tertiary/aromatic N) is 3. The van der Waals surface area contributed by atoms with Gasteiger partial charge in [0.05, 0.1) is 5.69 Å². The molecule has 0 saturated carbocycles. The van der Waals surface area contributed by atoms with Crippen LogP contribution in [0.3, 0.4) is 0 Å². The quantitative estimate of drug-likeness (QED) is 0.794. The van der Waals surface area contributed by atoms with Crippen LogP contribution < -0.4 is 11.3 Å². The van der Waals surface area contributed by atoms with E-state index in [1.165, 1.54) is 10.9 Å². The number of carbonyl (C=O) groups is 1. The van der Waals surface area contributed by atoms with E-state index in [2.05, 4.69) is 20.9 Å². The molecule has 3 rings (SSSR count). The van der Waals surface area contributed by atoms with Gasteiger partial charge in [-0.3, -0.25) is 19.5 Å². The molecule has 1 amide bonds. The van der Waals surface area contributed by atoms with E-state index in [1.807, 2.05) is 30.3 Å². The van der Waals surface area contributed by atoms with Gasteiger partial charge < -0.3 is 10.6 Å². The largest absolute Gasteiger partial charge is 0.369 e. The van der Waals surface area contributed by atoms with Gasteiger partial charge in [0.25, 0.3) is 5.56 Å². The highest BCUT2D eigenvalue weighted by Gasteiger charge is 2.31. The number of carbonyl (C=O) groups excluding carboxylic acids is 1. The molecular formula is C18H25N5O2S. The van der Waals surface area contributed by atoms with Crippen LogP contribution in [0, 0.1) is 5.92 Å². The Balaban J connectivity index is 1.55. The highest BCUT2D eigenvalue weighted by atomic mass is 32.1. The Morgan fingerprint density at radius 3 is 3.08 bits per heavy atom. The first-order chi connectivity index (χ1) is 12.4. The number of thiophene rings is 1. The number of aromatic amines is 1. The molecular weight excluding hydrogens is 350 g/mol. The lowest BCUT2D eigenvalue weighted by Gasteiger charge is -2.25. The number of hydrogen-bond acceptors (Lipinski definition) is 6. The lowest BCUT2D eigenvalue weighted by Crippen LogP contribution is -2.38. The summed E-state index contributed by atoms with van der Waals surface area (Å²) in [6, 6.07) is 5.83. The first kappa shape index (κ1) is 18.6. The van der Waals surface area contributed by atoms with E-state index in [1.54, 1.807) is 11.3 Å². The first-order valence-electron chi connectivity index (χ1n) is 8.79. The molecule has 1 aliphatic rings. The zero-order chi connectivity index (χ0) is 18.7. The number of rotatable bonds is 6. The molecule has 140 valence electrons. The molecule has 0 unspecified atom stereocenters. The Morgan fingerprint density at radius 1 is 1.58 bits per heavy atom. The van der Waals surface area contributed by atoms with E-state index in [0.717, 1.165) is 19.4 Å². The number of nitrogen functional groups attached to an aromatic ring is 1. The molecule has 7 nitrogen and oxygen atoms in total. The van der Waals surface area contributed by atoms with Gasteiger partial charge in [0.1, 0.15) is 0 Å². The standard InChI is InChI=1S/C18H25N5O2S/c1-12(8-15-4-3-7-26-15)17(25)23-6-5-14(11-23)22(2)10-13-9-16(24)21-18(19)20-13/h3-4,7,9,12,14H,5-6,8,10-11H2,1-2H3,(H3,19,20,21,24)/t12-,14+/m0/s1. The van der Waals surface area contributed by atoms with Crippen molar-refractivity contribution in [1.29, 1.82) is 0 Å². The maximum absolute atomic E-state index is 12.7. The number of H-pyrrole nitrogens is 1. The van der Waals surface area contributed by atoms with Gasteiger partial charge in [-0.25, -0.2) is 4.98 Å². The van der Waals surface area contributed by atoms with Gasteiger partial charge in [0.2, 0.25) is 11.9 Å². The fourth-order valence-electron chi connectivity index (χ4n) is 3.43. The van der Waals surface area contributed by atoms with E-state index < -0.39 is 0 Å². The summed E-state index contributed by atoms with van der Waals surface area (Å²) in [5, 5.41) is 2.04. The third-order valence-electron chi connectivity index (χ3n) is 4.83. The van der Waals surface area contributed by atoms with Gasteiger partial charge in [0.15, 0.2) is 0 Å². The fraction of sp³-hybridized carbons (Fsp3) is 0.500. The van der Waals surface area contributed by atoms with E-state index in [9.17, 15) is 9.59 Å². The number of nitrogens with one attached hydrogen (secondary N) is 1. The molecule has 1 fully saturated rings. The third-order valence-corrected chi connectivity index (χ3v) is 5.73. The third kappa shape index (κ3) is 4.50. The zero-order valence-electron chi connectivity index (χ0n) is 15.1. The molecule has 0 radical (unpaired) electrons. The molecule has 0 aromatic carbocycles. The maximum Gasteiger partial charge on any atom is 0.252 e. The number of aromatic nitrogens is 2. The molecule has 3 N–H and O–H groups in total. The van der Waals surface area contributed by atoms with E-state index in [-0.39, 0.29) is 29.4 Å². The highest BCUT2D eigenvalue weighted by molar-refractivity contribution is 7.09. The highest BCUT2D eigenvalue weighted by Crippen LogP contribution is 2.21. The summed E-state index contributed by atoms with van der Waals surface area (Å²) in [7, 11) is 1.99. The van der Waals surface area contributed by atoms with Crippen LogP contribution >= 0.6 is 11.3 Å². The first-order valence-corrected chi connectivity index (χ1v) is 9.67. The predicted octanol–water partition coefficient (Wildman–Crippen LogP) is 1.33. The summed E-state index contributed by atoms with van der Waals surface area (Å²) >= 11 is 1.70. The minimum absolute atomic E-state index is 0.00754. The van der Waals surface area contributed by atoms with Crippen LogP contribution in [-0.4, -0.2) is 51.9 Å². The van der Waals surface area contributed by atoms with Gasteiger partial charge in [0, 0.05) is 42.5 Å². The average molecular weight is 375 g/mol. The molecule has 1 saturated heterocycles. The van der Waals surface area contributed by atoms with Gasteiger partial charge in [-0.15, -0.1) is 11.3 Å². The van der Waals surface area contributed by atoms with Crippen molar-refractivity contribution in [2.75, 3.05) is 25.9 Å². The Kier molecular flexibility index (Phi) is 5.73. The van der Waals surface area contributed by atoms with Gasteiger partial charge in [-0.2, -0.15) is 0 Å². The molecule has 0 spiro atoms. The lowest BCUT2D eigenvalue weighted by atomic mass is 10.1. The molecule has 1 aliphatic heterocycles. The van der Waals surface area contributed by atoms with Crippen LogP contribution in [0.4, 0.5) is 5.95 Å². The van der Waals surface area contributed by atoms with E-state index >= 15 is 0 Å².